The van der Waals surface area contributed by atoms with Gasteiger partial charge in [-0.3, -0.25) is 0 Å². The molecular formula is C11H14BrNO3S. The molecule has 2 rings (SSSR count). The molecule has 4 nitrogen and oxygen atoms in total. The average Bonchev–Trinajstić information content (AvgIpc) is 2.77. The molecule has 1 unspecified atom stereocenters. The summed E-state index contributed by atoms with van der Waals surface area (Å²) in [4.78, 5) is 0.288. The third kappa shape index (κ3) is 2.70. The van der Waals surface area contributed by atoms with Gasteiger partial charge in [-0.2, -0.15) is 4.31 Å². The van der Waals surface area contributed by atoms with Crippen molar-refractivity contribution in [1.82, 2.24) is 4.31 Å². The maximum absolute atomic E-state index is 12.2. The van der Waals surface area contributed by atoms with E-state index in [1.807, 2.05) is 0 Å². The number of alkyl halides is 1. The van der Waals surface area contributed by atoms with Gasteiger partial charge in [0.25, 0.3) is 0 Å². The Hall–Kier alpha value is -0.430. The fourth-order valence-corrected chi connectivity index (χ4v) is 3.69. The number of aliphatic hydroxyl groups is 1. The van der Waals surface area contributed by atoms with E-state index in [0.717, 1.165) is 5.56 Å². The van der Waals surface area contributed by atoms with Crippen LogP contribution in [-0.4, -0.2) is 37.0 Å². The van der Waals surface area contributed by atoms with E-state index in [0.29, 0.717) is 18.3 Å². The molecule has 0 aromatic heterocycles. The van der Waals surface area contributed by atoms with Gasteiger partial charge in [-0.05, 0) is 24.1 Å². The Morgan fingerprint density at radius 1 is 1.35 bits per heavy atom. The van der Waals surface area contributed by atoms with Crippen molar-refractivity contribution < 1.29 is 13.5 Å². The molecule has 1 aromatic carbocycles. The zero-order valence-electron chi connectivity index (χ0n) is 9.21. The third-order valence-corrected chi connectivity index (χ3v) is 5.37. The fraction of sp³-hybridized carbons (Fsp3) is 0.455. The topological polar surface area (TPSA) is 57.6 Å². The SMILES string of the molecule is O=S(=O)(c1ccc(CBr)cc1)N1CCC(O)C1. The zero-order chi connectivity index (χ0) is 12.5. The molecule has 0 radical (unpaired) electrons. The maximum atomic E-state index is 12.2. The summed E-state index contributed by atoms with van der Waals surface area (Å²) >= 11 is 3.31. The van der Waals surface area contributed by atoms with Crippen LogP contribution in [0.5, 0.6) is 0 Å². The second kappa shape index (κ2) is 5.06. The number of hydrogen-bond acceptors (Lipinski definition) is 3. The van der Waals surface area contributed by atoms with Crippen LogP contribution in [0.1, 0.15) is 12.0 Å². The highest BCUT2D eigenvalue weighted by atomic mass is 79.9. The number of aliphatic hydroxyl groups excluding tert-OH is 1. The van der Waals surface area contributed by atoms with Crippen LogP contribution in [0.15, 0.2) is 29.2 Å². The Balaban J connectivity index is 2.25. The molecular weight excluding hydrogens is 306 g/mol. The van der Waals surface area contributed by atoms with Gasteiger partial charge in [0, 0.05) is 18.4 Å². The van der Waals surface area contributed by atoms with Crippen LogP contribution < -0.4 is 0 Å². The normalized spacial score (nSPS) is 21.9. The molecule has 0 amide bonds. The first-order valence-electron chi connectivity index (χ1n) is 5.37. The summed E-state index contributed by atoms with van der Waals surface area (Å²) in [5, 5.41) is 10.1. The van der Waals surface area contributed by atoms with Crippen molar-refractivity contribution in [3.63, 3.8) is 0 Å². The number of benzene rings is 1. The Kier molecular flexibility index (Phi) is 3.87. The summed E-state index contributed by atoms with van der Waals surface area (Å²) in [5.74, 6) is 0. The van der Waals surface area contributed by atoms with E-state index in [4.69, 9.17) is 0 Å². The summed E-state index contributed by atoms with van der Waals surface area (Å²) in [6.45, 7) is 0.590. The van der Waals surface area contributed by atoms with E-state index >= 15 is 0 Å². The molecule has 17 heavy (non-hydrogen) atoms. The monoisotopic (exact) mass is 319 g/mol. The van der Waals surface area contributed by atoms with Gasteiger partial charge >= 0.3 is 0 Å². The second-order valence-corrected chi connectivity index (χ2v) is 6.58. The van der Waals surface area contributed by atoms with Crippen LogP contribution in [-0.2, 0) is 15.4 Å². The molecule has 1 atom stereocenters. The summed E-state index contributed by atoms with van der Waals surface area (Å²) in [5.41, 5.74) is 1.03. The summed E-state index contributed by atoms with van der Waals surface area (Å²) < 4.78 is 25.7. The minimum atomic E-state index is -3.44. The minimum absolute atomic E-state index is 0.197. The van der Waals surface area contributed by atoms with Crippen molar-refractivity contribution in [2.75, 3.05) is 13.1 Å². The van der Waals surface area contributed by atoms with Gasteiger partial charge in [-0.25, -0.2) is 8.42 Å². The first-order chi connectivity index (χ1) is 8.04. The lowest BCUT2D eigenvalue weighted by molar-refractivity contribution is 0.189. The number of hydrogen-bond donors (Lipinski definition) is 1. The number of nitrogens with zero attached hydrogens (tertiary/aromatic N) is 1. The smallest absolute Gasteiger partial charge is 0.243 e. The van der Waals surface area contributed by atoms with Gasteiger partial charge in [0.15, 0.2) is 0 Å². The second-order valence-electron chi connectivity index (χ2n) is 4.08. The van der Waals surface area contributed by atoms with Gasteiger partial charge in [-0.1, -0.05) is 28.1 Å². The van der Waals surface area contributed by atoms with E-state index in [9.17, 15) is 13.5 Å². The molecule has 1 aromatic rings. The van der Waals surface area contributed by atoms with E-state index in [1.165, 1.54) is 4.31 Å². The average molecular weight is 320 g/mol. The zero-order valence-corrected chi connectivity index (χ0v) is 11.6. The van der Waals surface area contributed by atoms with Crippen molar-refractivity contribution in [2.45, 2.75) is 22.8 Å². The summed E-state index contributed by atoms with van der Waals surface area (Å²) in [6, 6.07) is 6.79. The summed E-state index contributed by atoms with van der Waals surface area (Å²) in [7, 11) is -3.44. The molecule has 1 saturated heterocycles. The van der Waals surface area contributed by atoms with Gasteiger partial charge in [0.2, 0.25) is 10.0 Å². The predicted molar refractivity (Wildman–Crippen MR) is 68.5 cm³/mol. The first-order valence-corrected chi connectivity index (χ1v) is 7.93. The van der Waals surface area contributed by atoms with Crippen molar-refractivity contribution in [1.29, 1.82) is 0 Å². The van der Waals surface area contributed by atoms with Crippen LogP contribution in [0.4, 0.5) is 0 Å². The molecule has 1 N–H and O–H groups in total. The van der Waals surface area contributed by atoms with Crippen molar-refractivity contribution >= 4 is 26.0 Å². The Bertz CT molecular complexity index is 486. The standard InChI is InChI=1S/C11H14BrNO3S/c12-7-9-1-3-11(4-2-9)17(15,16)13-6-5-10(14)8-13/h1-4,10,14H,5-8H2. The summed E-state index contributed by atoms with van der Waals surface area (Å²) in [6.07, 6.45) is -0.0230. The minimum Gasteiger partial charge on any atom is -0.392 e. The van der Waals surface area contributed by atoms with Gasteiger partial charge in [0.1, 0.15) is 0 Å². The van der Waals surface area contributed by atoms with Gasteiger partial charge < -0.3 is 5.11 Å². The number of β-amino-alcohol motifs (C(OH)–C–C–N with tert-alkyl or cyclic N) is 1. The highest BCUT2D eigenvalue weighted by Gasteiger charge is 2.31. The van der Waals surface area contributed by atoms with E-state index < -0.39 is 16.1 Å². The quantitative estimate of drug-likeness (QED) is 0.855. The lowest BCUT2D eigenvalue weighted by Gasteiger charge is -2.15. The number of halogens is 1. The van der Waals surface area contributed by atoms with Crippen LogP contribution in [0.25, 0.3) is 0 Å². The third-order valence-electron chi connectivity index (χ3n) is 2.84. The predicted octanol–water partition coefficient (Wildman–Crippen LogP) is 1.34. The maximum Gasteiger partial charge on any atom is 0.243 e. The van der Waals surface area contributed by atoms with E-state index in [1.54, 1.807) is 24.3 Å². The molecule has 1 fully saturated rings. The van der Waals surface area contributed by atoms with Crippen molar-refractivity contribution in [2.24, 2.45) is 0 Å². The van der Waals surface area contributed by atoms with Crippen LogP contribution in [0, 0.1) is 0 Å². The fourth-order valence-electron chi connectivity index (χ4n) is 1.83. The Morgan fingerprint density at radius 2 is 2.00 bits per heavy atom. The van der Waals surface area contributed by atoms with Gasteiger partial charge in [-0.15, -0.1) is 0 Å². The van der Waals surface area contributed by atoms with Crippen LogP contribution in [0.3, 0.4) is 0 Å². The molecule has 1 aliphatic heterocycles. The lowest BCUT2D eigenvalue weighted by atomic mass is 10.2. The molecule has 0 aliphatic carbocycles. The number of rotatable bonds is 3. The van der Waals surface area contributed by atoms with Crippen molar-refractivity contribution in [3.05, 3.63) is 29.8 Å². The molecule has 6 heteroatoms. The molecule has 0 saturated carbocycles. The lowest BCUT2D eigenvalue weighted by Crippen LogP contribution is -2.29. The molecule has 0 spiro atoms. The first kappa shape index (κ1) is 13.0. The van der Waals surface area contributed by atoms with Crippen LogP contribution in [0.2, 0.25) is 0 Å². The van der Waals surface area contributed by atoms with E-state index in [-0.39, 0.29) is 11.4 Å². The molecule has 0 bridgehead atoms. The molecule has 1 aliphatic rings. The molecule has 94 valence electrons. The Labute approximate surface area is 109 Å². The van der Waals surface area contributed by atoms with Gasteiger partial charge in [0.05, 0.1) is 11.0 Å². The van der Waals surface area contributed by atoms with Crippen LogP contribution >= 0.6 is 15.9 Å². The highest BCUT2D eigenvalue weighted by Crippen LogP contribution is 2.21. The highest BCUT2D eigenvalue weighted by molar-refractivity contribution is 9.08. The molecule has 1 heterocycles. The Morgan fingerprint density at radius 3 is 2.47 bits per heavy atom. The van der Waals surface area contributed by atoms with E-state index in [2.05, 4.69) is 15.9 Å². The number of sulfonamides is 1. The van der Waals surface area contributed by atoms with Crippen molar-refractivity contribution in [3.8, 4) is 0 Å². The largest absolute Gasteiger partial charge is 0.392 e.